The second-order valence-electron chi connectivity index (χ2n) is 8.71. The summed E-state index contributed by atoms with van der Waals surface area (Å²) < 4.78 is 10.8. The Morgan fingerprint density at radius 1 is 0.966 bits per heavy atom. The van der Waals surface area contributed by atoms with Crippen LogP contribution in [0.3, 0.4) is 0 Å². The number of rotatable bonds is 3. The Balaban J connectivity index is 1.27. The van der Waals surface area contributed by atoms with Gasteiger partial charge in [0.2, 0.25) is 6.79 Å². The van der Waals surface area contributed by atoms with Crippen LogP contribution in [0.5, 0.6) is 11.5 Å². The van der Waals surface area contributed by atoms with Crippen LogP contribution in [0.25, 0.3) is 0 Å². The molecule has 1 fully saturated rings. The van der Waals surface area contributed by atoms with Gasteiger partial charge in [0, 0.05) is 38.4 Å². The highest BCUT2D eigenvalue weighted by atomic mass is 16.7. The van der Waals surface area contributed by atoms with E-state index in [0.29, 0.717) is 6.79 Å². The van der Waals surface area contributed by atoms with E-state index in [0.717, 1.165) is 49.9 Å². The van der Waals surface area contributed by atoms with E-state index in [1.165, 1.54) is 11.1 Å². The first-order chi connectivity index (χ1) is 13.9. The molecule has 29 heavy (non-hydrogen) atoms. The quantitative estimate of drug-likeness (QED) is 0.851. The maximum atomic E-state index is 12.6. The molecule has 2 amide bonds. The number of amides is 2. The fourth-order valence-corrected chi connectivity index (χ4v) is 3.66. The molecule has 1 N–H and O–H groups in total. The van der Waals surface area contributed by atoms with Gasteiger partial charge in [-0.15, -0.1) is 0 Å². The minimum absolute atomic E-state index is 0.0313. The molecule has 4 rings (SSSR count). The van der Waals surface area contributed by atoms with Crippen LogP contribution >= 0.6 is 0 Å². The summed E-state index contributed by atoms with van der Waals surface area (Å²) in [4.78, 5) is 16.9. The lowest BCUT2D eigenvalue weighted by Crippen LogP contribution is -2.49. The lowest BCUT2D eigenvalue weighted by molar-refractivity contribution is 0.143. The monoisotopic (exact) mass is 395 g/mol. The summed E-state index contributed by atoms with van der Waals surface area (Å²) in [6.07, 6.45) is 0. The van der Waals surface area contributed by atoms with E-state index in [9.17, 15) is 4.79 Å². The van der Waals surface area contributed by atoms with Gasteiger partial charge in [-0.05, 0) is 40.8 Å². The molecule has 2 aromatic rings. The van der Waals surface area contributed by atoms with E-state index in [1.807, 2.05) is 29.2 Å². The SMILES string of the molecule is CC(C)(C)c1ccc(NC(=O)N2CCN(Cc3ccc4c(c3)OCO4)CC2)cc1. The Hall–Kier alpha value is -2.73. The van der Waals surface area contributed by atoms with Gasteiger partial charge in [-0.25, -0.2) is 4.79 Å². The predicted octanol–water partition coefficient (Wildman–Crippen LogP) is 4.06. The maximum absolute atomic E-state index is 12.6. The molecule has 0 saturated carbocycles. The van der Waals surface area contributed by atoms with E-state index in [-0.39, 0.29) is 11.4 Å². The van der Waals surface area contributed by atoms with Crippen LogP contribution in [0.15, 0.2) is 42.5 Å². The number of urea groups is 1. The van der Waals surface area contributed by atoms with Gasteiger partial charge in [0.05, 0.1) is 0 Å². The van der Waals surface area contributed by atoms with Crippen LogP contribution in [0, 0.1) is 0 Å². The lowest BCUT2D eigenvalue weighted by atomic mass is 9.87. The summed E-state index contributed by atoms with van der Waals surface area (Å²) in [5, 5.41) is 3.02. The largest absolute Gasteiger partial charge is 0.454 e. The number of carbonyl (C=O) groups excluding carboxylic acids is 1. The van der Waals surface area contributed by atoms with Crippen LogP contribution in [-0.4, -0.2) is 48.8 Å². The normalized spacial score (nSPS) is 16.7. The van der Waals surface area contributed by atoms with Crippen LogP contribution < -0.4 is 14.8 Å². The molecule has 0 aromatic heterocycles. The molecule has 6 heteroatoms. The highest BCUT2D eigenvalue weighted by Gasteiger charge is 2.22. The minimum Gasteiger partial charge on any atom is -0.454 e. The number of anilines is 1. The average molecular weight is 396 g/mol. The lowest BCUT2D eigenvalue weighted by Gasteiger charge is -2.34. The van der Waals surface area contributed by atoms with E-state index in [2.05, 4.69) is 49.2 Å². The number of ether oxygens (including phenoxy) is 2. The van der Waals surface area contributed by atoms with Crippen LogP contribution in [0.2, 0.25) is 0 Å². The zero-order valence-corrected chi connectivity index (χ0v) is 17.4. The Labute approximate surface area is 172 Å². The van der Waals surface area contributed by atoms with Crippen molar-refractivity contribution in [2.24, 2.45) is 0 Å². The molecule has 1 saturated heterocycles. The van der Waals surface area contributed by atoms with Gasteiger partial charge in [-0.1, -0.05) is 39.0 Å². The predicted molar refractivity (Wildman–Crippen MR) is 114 cm³/mol. The molecule has 0 bridgehead atoms. The van der Waals surface area contributed by atoms with E-state index in [4.69, 9.17) is 9.47 Å². The van der Waals surface area contributed by atoms with E-state index in [1.54, 1.807) is 0 Å². The number of fused-ring (bicyclic) bond motifs is 1. The molecular formula is C23H29N3O3. The summed E-state index contributed by atoms with van der Waals surface area (Å²) in [7, 11) is 0. The molecule has 6 nitrogen and oxygen atoms in total. The number of nitrogens with zero attached hydrogens (tertiary/aromatic N) is 2. The first kappa shape index (κ1) is 19.6. The zero-order valence-electron chi connectivity index (χ0n) is 17.4. The molecule has 2 aliphatic rings. The summed E-state index contributed by atoms with van der Waals surface area (Å²) in [6.45, 7) is 10.8. The third kappa shape index (κ3) is 4.65. The van der Waals surface area contributed by atoms with Gasteiger partial charge in [0.15, 0.2) is 11.5 Å². The standard InChI is InChI=1S/C23H29N3O3/c1-23(2,3)18-5-7-19(8-6-18)24-22(27)26-12-10-25(11-13-26)15-17-4-9-20-21(14-17)29-16-28-20/h4-9,14H,10-13,15-16H2,1-3H3,(H,24,27). The number of hydrogen-bond acceptors (Lipinski definition) is 4. The first-order valence-corrected chi connectivity index (χ1v) is 10.2. The van der Waals surface area contributed by atoms with Crippen LogP contribution in [-0.2, 0) is 12.0 Å². The molecular weight excluding hydrogens is 366 g/mol. The summed E-state index contributed by atoms with van der Waals surface area (Å²) >= 11 is 0. The molecule has 0 spiro atoms. The van der Waals surface area contributed by atoms with Gasteiger partial charge in [0.1, 0.15) is 0 Å². The van der Waals surface area contributed by atoms with Gasteiger partial charge >= 0.3 is 6.03 Å². The second-order valence-corrected chi connectivity index (χ2v) is 8.71. The smallest absolute Gasteiger partial charge is 0.321 e. The molecule has 154 valence electrons. The molecule has 0 atom stereocenters. The van der Waals surface area contributed by atoms with E-state index >= 15 is 0 Å². The topological polar surface area (TPSA) is 54.0 Å². The van der Waals surface area contributed by atoms with Gasteiger partial charge in [-0.3, -0.25) is 4.90 Å². The summed E-state index contributed by atoms with van der Waals surface area (Å²) in [5.74, 6) is 1.63. The second kappa shape index (κ2) is 7.95. The number of hydrogen-bond donors (Lipinski definition) is 1. The Morgan fingerprint density at radius 2 is 1.66 bits per heavy atom. The summed E-state index contributed by atoms with van der Waals surface area (Å²) in [6, 6.07) is 14.2. The highest BCUT2D eigenvalue weighted by Crippen LogP contribution is 2.33. The number of nitrogens with one attached hydrogen (secondary N) is 1. The summed E-state index contributed by atoms with van der Waals surface area (Å²) in [5.41, 5.74) is 3.40. The van der Waals surface area contributed by atoms with Gasteiger partial charge < -0.3 is 19.7 Å². The van der Waals surface area contributed by atoms with E-state index < -0.39 is 0 Å². The number of carbonyl (C=O) groups is 1. The molecule has 2 aliphatic heterocycles. The van der Waals surface area contributed by atoms with Crippen molar-refractivity contribution >= 4 is 11.7 Å². The maximum Gasteiger partial charge on any atom is 0.321 e. The zero-order chi connectivity index (χ0) is 20.4. The number of benzene rings is 2. The molecule has 0 radical (unpaired) electrons. The van der Waals surface area contributed by atoms with Crippen molar-refractivity contribution < 1.29 is 14.3 Å². The minimum atomic E-state index is -0.0313. The Kier molecular flexibility index (Phi) is 5.37. The van der Waals surface area contributed by atoms with Crippen molar-refractivity contribution in [3.63, 3.8) is 0 Å². The van der Waals surface area contributed by atoms with Crippen molar-refractivity contribution in [1.29, 1.82) is 0 Å². The van der Waals surface area contributed by atoms with Crippen molar-refractivity contribution in [3.8, 4) is 11.5 Å². The van der Waals surface area contributed by atoms with Crippen LogP contribution in [0.1, 0.15) is 31.9 Å². The third-order valence-electron chi connectivity index (χ3n) is 5.50. The Bertz CT molecular complexity index is 866. The van der Waals surface area contributed by atoms with Crippen LogP contribution in [0.4, 0.5) is 10.5 Å². The van der Waals surface area contributed by atoms with Gasteiger partial charge in [0.25, 0.3) is 0 Å². The van der Waals surface area contributed by atoms with Gasteiger partial charge in [-0.2, -0.15) is 0 Å². The average Bonchev–Trinajstić information content (AvgIpc) is 3.16. The molecule has 0 aliphatic carbocycles. The highest BCUT2D eigenvalue weighted by molar-refractivity contribution is 5.89. The van der Waals surface area contributed by atoms with Crippen molar-refractivity contribution in [1.82, 2.24) is 9.80 Å². The molecule has 0 unspecified atom stereocenters. The third-order valence-corrected chi connectivity index (χ3v) is 5.50. The van der Waals surface area contributed by atoms with Crippen molar-refractivity contribution in [2.75, 3.05) is 38.3 Å². The first-order valence-electron chi connectivity index (χ1n) is 10.2. The molecule has 2 heterocycles. The fourth-order valence-electron chi connectivity index (χ4n) is 3.66. The Morgan fingerprint density at radius 3 is 2.34 bits per heavy atom. The molecule has 2 aromatic carbocycles. The van der Waals surface area contributed by atoms with Crippen molar-refractivity contribution in [2.45, 2.75) is 32.7 Å². The van der Waals surface area contributed by atoms with Crippen molar-refractivity contribution in [3.05, 3.63) is 53.6 Å². The number of piperazine rings is 1. The fraction of sp³-hybridized carbons (Fsp3) is 0.435.